The zero-order valence-corrected chi connectivity index (χ0v) is 18.5. The maximum absolute atomic E-state index is 12.6. The molecule has 1 aliphatic rings. The standard InChI is InChI=1S/C23H30N6O3/c1-3-16(9-11-30)8-10-26-19-6-4-17(5-7-19)22(32)28-20(15-31)12-18(13-24)21-14-27-23(25-2)29-21/h4-7,12-16,30H,3,8-11H2,1-2H3,(H4,24,25,26,27,28,29,31,32)/p+1. The highest BCUT2D eigenvalue weighted by atomic mass is 16.3. The molecule has 2 rings (SSSR count). The van der Waals surface area contributed by atoms with Crippen LogP contribution in [0, 0.1) is 5.92 Å². The average molecular weight is 440 g/mol. The fraction of sp³-hybridized carbons (Fsp3) is 0.348. The number of amides is 1. The molecule has 0 radical (unpaired) electrons. The molecular weight excluding hydrogens is 408 g/mol. The molecule has 0 saturated heterocycles. The number of aliphatic hydroxyl groups is 1. The van der Waals surface area contributed by atoms with Crippen molar-refractivity contribution in [3.63, 3.8) is 0 Å². The van der Waals surface area contributed by atoms with Crippen molar-refractivity contribution in [1.29, 1.82) is 0 Å². The molecule has 0 saturated carbocycles. The number of hydrogen-bond donors (Lipinski definition) is 5. The molecule has 32 heavy (non-hydrogen) atoms. The maximum Gasteiger partial charge on any atom is 0.480 e. The summed E-state index contributed by atoms with van der Waals surface area (Å²) < 4.78 is 4.06. The van der Waals surface area contributed by atoms with E-state index in [0.717, 1.165) is 31.5 Å². The molecule has 0 bridgehead atoms. The van der Waals surface area contributed by atoms with E-state index in [9.17, 15) is 9.59 Å². The lowest BCUT2D eigenvalue weighted by Crippen LogP contribution is -2.24. The highest BCUT2D eigenvalue weighted by Gasteiger charge is 2.19. The van der Waals surface area contributed by atoms with Crippen molar-refractivity contribution in [3.05, 3.63) is 53.4 Å². The Hall–Kier alpha value is -3.68. The van der Waals surface area contributed by atoms with Gasteiger partial charge in [0.1, 0.15) is 0 Å². The van der Waals surface area contributed by atoms with Crippen LogP contribution in [0.3, 0.4) is 0 Å². The molecule has 0 aromatic heterocycles. The number of allylic oxidation sites excluding steroid dienone is 3. The van der Waals surface area contributed by atoms with E-state index < -0.39 is 5.91 Å². The molecule has 0 fully saturated rings. The van der Waals surface area contributed by atoms with Crippen molar-refractivity contribution in [2.45, 2.75) is 26.2 Å². The summed E-state index contributed by atoms with van der Waals surface area (Å²) in [6, 6.07) is 7.01. The van der Waals surface area contributed by atoms with Crippen molar-refractivity contribution in [1.82, 2.24) is 15.3 Å². The van der Waals surface area contributed by atoms with Crippen LogP contribution in [0.4, 0.5) is 5.69 Å². The molecule has 9 nitrogen and oxygen atoms in total. The molecular formula is C23H31N6O3+. The molecule has 1 atom stereocenters. The monoisotopic (exact) mass is 439 g/mol. The Morgan fingerprint density at radius 2 is 2.03 bits per heavy atom. The van der Waals surface area contributed by atoms with Crippen molar-refractivity contribution in [2.75, 3.05) is 25.5 Å². The third kappa shape index (κ3) is 7.23. The van der Waals surface area contributed by atoms with E-state index in [0.29, 0.717) is 35.0 Å². The molecule has 1 aromatic carbocycles. The van der Waals surface area contributed by atoms with Gasteiger partial charge in [-0.05, 0) is 49.1 Å². The lowest BCUT2D eigenvalue weighted by molar-refractivity contribution is -0.105. The van der Waals surface area contributed by atoms with Crippen LogP contribution in [0.1, 0.15) is 36.5 Å². The Bertz CT molecular complexity index is 956. The van der Waals surface area contributed by atoms with Gasteiger partial charge < -0.3 is 21.5 Å². The topological polar surface area (TPSA) is 143 Å². The fourth-order valence-electron chi connectivity index (χ4n) is 3.13. The number of aliphatic imine (C=N–C) groups is 1. The van der Waals surface area contributed by atoms with Crippen molar-refractivity contribution in [2.24, 2.45) is 16.6 Å². The summed E-state index contributed by atoms with van der Waals surface area (Å²) in [4.78, 5) is 28.3. The Morgan fingerprint density at radius 1 is 1.28 bits per heavy atom. The molecule has 1 amide bonds. The Morgan fingerprint density at radius 3 is 2.59 bits per heavy atom. The number of guanidine groups is 1. The van der Waals surface area contributed by atoms with E-state index in [-0.39, 0.29) is 12.3 Å². The normalized spacial score (nSPS) is 14.5. The van der Waals surface area contributed by atoms with E-state index in [1.807, 2.05) is 12.1 Å². The molecule has 1 heterocycles. The predicted molar refractivity (Wildman–Crippen MR) is 129 cm³/mol. The molecule has 0 aliphatic carbocycles. The van der Waals surface area contributed by atoms with Gasteiger partial charge in [-0.15, -0.1) is 0 Å². The molecule has 1 unspecified atom stereocenters. The van der Waals surface area contributed by atoms with Gasteiger partial charge in [-0.2, -0.15) is 0 Å². The average Bonchev–Trinajstić information content (AvgIpc) is 3.30. The summed E-state index contributed by atoms with van der Waals surface area (Å²) in [6.07, 6.45) is 7.61. The number of hydrogen-bond acceptors (Lipinski definition) is 7. The summed E-state index contributed by atoms with van der Waals surface area (Å²) in [5.41, 5.74) is 7.95. The van der Waals surface area contributed by atoms with Crippen molar-refractivity contribution < 1.29 is 14.7 Å². The van der Waals surface area contributed by atoms with E-state index >= 15 is 0 Å². The van der Waals surface area contributed by atoms with Crippen LogP contribution in [0.15, 0.2) is 52.8 Å². The molecule has 170 valence electrons. The fourth-order valence-corrected chi connectivity index (χ4v) is 3.13. The lowest BCUT2D eigenvalue weighted by Gasteiger charge is -2.14. The van der Waals surface area contributed by atoms with Crippen LogP contribution >= 0.6 is 0 Å². The Balaban J connectivity index is 1.96. The number of aliphatic hydroxyl groups excluding tert-OH is 1. The minimum Gasteiger partial charge on any atom is -0.404 e. The summed E-state index contributed by atoms with van der Waals surface area (Å²) >= 11 is 0. The number of nitrogens with two attached hydrogens (primary N) is 1. The first-order valence-corrected chi connectivity index (χ1v) is 10.6. The highest BCUT2D eigenvalue weighted by Crippen LogP contribution is 2.15. The van der Waals surface area contributed by atoms with E-state index in [2.05, 4.69) is 32.5 Å². The summed E-state index contributed by atoms with van der Waals surface area (Å²) in [5, 5.41) is 17.8. The van der Waals surface area contributed by atoms with E-state index in [4.69, 9.17) is 10.8 Å². The second kappa shape index (κ2) is 12.9. The van der Waals surface area contributed by atoms with Gasteiger partial charge in [0.2, 0.25) is 6.21 Å². The van der Waals surface area contributed by atoms with Crippen LogP contribution < -0.4 is 26.4 Å². The second-order valence-corrected chi connectivity index (χ2v) is 7.20. The van der Waals surface area contributed by atoms with Gasteiger partial charge >= 0.3 is 5.96 Å². The lowest BCUT2D eigenvalue weighted by atomic mass is 9.99. The zero-order valence-electron chi connectivity index (χ0n) is 18.5. The van der Waals surface area contributed by atoms with Crippen LogP contribution in [-0.4, -0.2) is 55.4 Å². The van der Waals surface area contributed by atoms with Crippen LogP contribution in [0.25, 0.3) is 0 Å². The van der Waals surface area contributed by atoms with Crippen LogP contribution in [0.5, 0.6) is 0 Å². The summed E-state index contributed by atoms with van der Waals surface area (Å²) in [5.74, 6) is 0.504. The molecule has 9 heteroatoms. The third-order valence-electron chi connectivity index (χ3n) is 5.07. The molecule has 6 N–H and O–H groups in total. The van der Waals surface area contributed by atoms with Gasteiger partial charge in [0.05, 0.1) is 12.7 Å². The number of rotatable bonds is 12. The summed E-state index contributed by atoms with van der Waals surface area (Å²) in [6.45, 7) is 3.12. The van der Waals surface area contributed by atoms with Gasteiger partial charge in [-0.1, -0.05) is 18.3 Å². The Labute approximate surface area is 187 Å². The largest absolute Gasteiger partial charge is 0.480 e. The first-order valence-electron chi connectivity index (χ1n) is 10.6. The number of nitrogens with one attached hydrogen (secondary N) is 3. The minimum absolute atomic E-state index is 0.0531. The first-order chi connectivity index (χ1) is 15.5. The first kappa shape index (κ1) is 24.6. The van der Waals surface area contributed by atoms with Gasteiger partial charge in [-0.3, -0.25) is 14.9 Å². The SMILES string of the molecule is CCC(CCO)CCNc1ccc(C(=O)N/C(C=O)=C/C(=C\N)C2=NC(NC)=[N+]=C2)cc1. The third-order valence-corrected chi connectivity index (χ3v) is 5.07. The van der Waals surface area contributed by atoms with Gasteiger partial charge in [0.15, 0.2) is 12.0 Å². The number of nitrogens with zero attached hydrogens (tertiary/aromatic N) is 2. The Kier molecular flexibility index (Phi) is 9.90. The second-order valence-electron chi connectivity index (χ2n) is 7.20. The maximum atomic E-state index is 12.6. The quantitative estimate of drug-likeness (QED) is 0.141. The van der Waals surface area contributed by atoms with Crippen molar-refractivity contribution in [3.8, 4) is 0 Å². The highest BCUT2D eigenvalue weighted by molar-refractivity contribution is 6.42. The van der Waals surface area contributed by atoms with Gasteiger partial charge in [-0.25, -0.2) is 4.67 Å². The molecule has 1 aliphatic heterocycles. The van der Waals surface area contributed by atoms with E-state index in [1.165, 1.54) is 18.5 Å². The number of benzene rings is 1. The van der Waals surface area contributed by atoms with Crippen LogP contribution in [-0.2, 0) is 4.79 Å². The number of carbonyl (C=O) groups is 2. The molecule has 1 aromatic rings. The smallest absolute Gasteiger partial charge is 0.404 e. The van der Waals surface area contributed by atoms with Gasteiger partial charge in [0, 0.05) is 36.2 Å². The minimum atomic E-state index is -0.412. The predicted octanol–water partition coefficient (Wildman–Crippen LogP) is 0.720. The van der Waals surface area contributed by atoms with Gasteiger partial charge in [0.25, 0.3) is 5.91 Å². The van der Waals surface area contributed by atoms with E-state index in [1.54, 1.807) is 19.2 Å². The number of aldehydes is 1. The van der Waals surface area contributed by atoms with Crippen LogP contribution in [0.2, 0.25) is 0 Å². The number of anilines is 1. The number of carbonyl (C=O) groups excluding carboxylic acids is 2. The molecule has 0 spiro atoms. The zero-order chi connectivity index (χ0) is 23.3. The van der Waals surface area contributed by atoms with Crippen molar-refractivity contribution >= 4 is 35.8 Å². The summed E-state index contributed by atoms with van der Waals surface area (Å²) in [7, 11) is 1.69.